The van der Waals surface area contributed by atoms with E-state index >= 15 is 0 Å². The predicted octanol–water partition coefficient (Wildman–Crippen LogP) is 4.65. The Morgan fingerprint density at radius 3 is 2.16 bits per heavy atom. The lowest BCUT2D eigenvalue weighted by Gasteiger charge is -2.27. The summed E-state index contributed by atoms with van der Waals surface area (Å²) in [6.45, 7) is 13.9. The number of benzene rings is 2. The first-order valence-electron chi connectivity index (χ1n) is 10.6. The van der Waals surface area contributed by atoms with Crippen molar-refractivity contribution in [2.24, 2.45) is 0 Å². The minimum atomic E-state index is -3.70. The van der Waals surface area contributed by atoms with Crippen LogP contribution in [0.5, 0.6) is 5.75 Å². The molecule has 0 heterocycles. The topological polar surface area (TPSA) is 72.5 Å². The quantitative estimate of drug-likeness (QED) is 0.551. The number of hydrogen-bond acceptors (Lipinski definition) is 4. The van der Waals surface area contributed by atoms with E-state index in [2.05, 4.69) is 25.5 Å². The molecule has 1 unspecified atom stereocenters. The lowest BCUT2D eigenvalue weighted by Crippen LogP contribution is -2.36. The summed E-state index contributed by atoms with van der Waals surface area (Å²) in [4.78, 5) is 11.5. The summed E-state index contributed by atoms with van der Waals surface area (Å²) in [7, 11) is -3.70. The van der Waals surface area contributed by atoms with Gasteiger partial charge in [0.25, 0.3) is 0 Å². The summed E-state index contributed by atoms with van der Waals surface area (Å²) in [6, 6.07) is 10.9. The number of ether oxygens (including phenoxy) is 1. The van der Waals surface area contributed by atoms with Crippen molar-refractivity contribution in [3.63, 3.8) is 0 Å². The molecule has 0 saturated heterocycles. The fraction of sp³-hybridized carbons (Fsp3) is 0.480. The largest absolute Gasteiger partial charge is 0.427 e. The third-order valence-corrected chi connectivity index (χ3v) is 7.22. The Balaban J connectivity index is 1.88. The summed E-state index contributed by atoms with van der Waals surface area (Å²) in [5, 5.41) is 0. The van der Waals surface area contributed by atoms with Gasteiger partial charge < -0.3 is 4.74 Å². The van der Waals surface area contributed by atoms with Crippen molar-refractivity contribution in [3.8, 4) is 5.75 Å². The molecule has 1 atom stereocenters. The minimum absolute atomic E-state index is 0.0670. The van der Waals surface area contributed by atoms with Gasteiger partial charge >= 0.3 is 5.97 Å². The molecule has 1 aliphatic rings. The molecule has 0 bridgehead atoms. The number of carbonyl (C=O) groups excluding carboxylic acids is 1. The Labute approximate surface area is 186 Å². The number of fused-ring (bicyclic) bond motifs is 1. The summed E-state index contributed by atoms with van der Waals surface area (Å²) < 4.78 is 34.9. The molecule has 1 aliphatic carbocycles. The molecule has 1 N–H and O–H groups in total. The lowest BCUT2D eigenvalue weighted by molar-refractivity contribution is -0.131. The van der Waals surface area contributed by atoms with Crippen molar-refractivity contribution in [3.05, 3.63) is 58.7 Å². The maximum absolute atomic E-state index is 13.4. The molecule has 0 fully saturated rings. The summed E-state index contributed by atoms with van der Waals surface area (Å²) >= 11 is 0. The van der Waals surface area contributed by atoms with Crippen LogP contribution in [-0.2, 0) is 38.5 Å². The second kappa shape index (κ2) is 8.06. The number of carbonyl (C=O) groups is 1. The van der Waals surface area contributed by atoms with Crippen molar-refractivity contribution in [2.75, 3.05) is 0 Å². The molecule has 2 aromatic carbocycles. The van der Waals surface area contributed by atoms with Crippen molar-refractivity contribution in [2.45, 2.75) is 83.1 Å². The van der Waals surface area contributed by atoms with E-state index in [0.29, 0.717) is 23.5 Å². The fourth-order valence-electron chi connectivity index (χ4n) is 4.01. The minimum Gasteiger partial charge on any atom is -0.427 e. The first kappa shape index (κ1) is 23.5. The standard InChI is InChI=1S/C25H33NO4S/c1-16(27)30-21-10-8-17-12-20(13-18(17)14-21)26-31(28,29)23-11-9-19(24(2,3)4)15-22(23)25(5,6)7/h8-11,14-15,20,26H,12-13H2,1-7H3. The Morgan fingerprint density at radius 2 is 1.58 bits per heavy atom. The van der Waals surface area contributed by atoms with Crippen LogP contribution in [0.2, 0.25) is 0 Å². The van der Waals surface area contributed by atoms with Crippen molar-refractivity contribution in [1.29, 1.82) is 0 Å². The Bertz CT molecular complexity index is 1110. The number of rotatable bonds is 4. The second-order valence-corrected chi connectivity index (χ2v) is 12.1. The Hall–Kier alpha value is -2.18. The van der Waals surface area contributed by atoms with Gasteiger partial charge in [-0.25, -0.2) is 13.1 Å². The molecule has 6 heteroatoms. The predicted molar refractivity (Wildman–Crippen MR) is 123 cm³/mol. The zero-order valence-electron chi connectivity index (χ0n) is 19.5. The van der Waals surface area contributed by atoms with E-state index in [1.54, 1.807) is 12.1 Å². The molecule has 0 radical (unpaired) electrons. The zero-order chi connectivity index (χ0) is 23.2. The number of sulfonamides is 1. The molecule has 0 aliphatic heterocycles. The van der Waals surface area contributed by atoms with Crippen LogP contribution in [0, 0.1) is 0 Å². The highest BCUT2D eigenvalue weighted by atomic mass is 32.2. The monoisotopic (exact) mass is 443 g/mol. The van der Waals surface area contributed by atoms with Crippen LogP contribution in [0.1, 0.15) is 70.7 Å². The number of nitrogens with one attached hydrogen (secondary N) is 1. The average molecular weight is 444 g/mol. The molecule has 5 nitrogen and oxygen atoms in total. The first-order valence-corrected chi connectivity index (χ1v) is 12.1. The fourth-order valence-corrected chi connectivity index (χ4v) is 5.64. The van der Waals surface area contributed by atoms with Gasteiger partial charge in [-0.1, -0.05) is 59.7 Å². The van der Waals surface area contributed by atoms with Crippen LogP contribution in [-0.4, -0.2) is 20.4 Å². The average Bonchev–Trinajstić information content (AvgIpc) is 2.99. The van der Waals surface area contributed by atoms with Gasteiger partial charge in [-0.15, -0.1) is 0 Å². The summed E-state index contributed by atoms with van der Waals surface area (Å²) in [5.74, 6) is 0.117. The second-order valence-electron chi connectivity index (χ2n) is 10.5. The normalized spacial score (nSPS) is 16.8. The van der Waals surface area contributed by atoms with Crippen molar-refractivity contribution < 1.29 is 17.9 Å². The van der Waals surface area contributed by atoms with E-state index in [9.17, 15) is 13.2 Å². The first-order chi connectivity index (χ1) is 14.2. The van der Waals surface area contributed by atoms with Gasteiger partial charge in [-0.2, -0.15) is 0 Å². The molecule has 3 rings (SSSR count). The summed E-state index contributed by atoms with van der Waals surface area (Å²) in [6.07, 6.45) is 1.18. The van der Waals surface area contributed by atoms with Gasteiger partial charge in [0, 0.05) is 13.0 Å². The zero-order valence-corrected chi connectivity index (χ0v) is 20.3. The van der Waals surface area contributed by atoms with Gasteiger partial charge in [0.05, 0.1) is 4.90 Å². The van der Waals surface area contributed by atoms with Crippen LogP contribution in [0.4, 0.5) is 0 Å². The van der Waals surface area contributed by atoms with Crippen LogP contribution in [0.25, 0.3) is 0 Å². The van der Waals surface area contributed by atoms with Gasteiger partial charge in [0.2, 0.25) is 10.0 Å². The third-order valence-electron chi connectivity index (χ3n) is 5.64. The number of esters is 1. The maximum atomic E-state index is 13.4. The molecule has 2 aromatic rings. The lowest BCUT2D eigenvalue weighted by atomic mass is 9.81. The van der Waals surface area contributed by atoms with Crippen LogP contribution < -0.4 is 9.46 Å². The molecule has 31 heavy (non-hydrogen) atoms. The van der Waals surface area contributed by atoms with Crippen LogP contribution >= 0.6 is 0 Å². The molecular formula is C25H33NO4S. The van der Waals surface area contributed by atoms with Gasteiger partial charge in [0.1, 0.15) is 5.75 Å². The molecule has 168 valence electrons. The van der Waals surface area contributed by atoms with E-state index in [1.165, 1.54) is 6.92 Å². The van der Waals surface area contributed by atoms with E-state index < -0.39 is 10.0 Å². The SMILES string of the molecule is CC(=O)Oc1ccc2c(c1)CC(NS(=O)(=O)c1ccc(C(C)(C)C)cc1C(C)(C)C)C2. The van der Waals surface area contributed by atoms with Gasteiger partial charge in [-0.3, -0.25) is 4.79 Å². The number of hydrogen-bond donors (Lipinski definition) is 1. The highest BCUT2D eigenvalue weighted by molar-refractivity contribution is 7.89. The highest BCUT2D eigenvalue weighted by Crippen LogP contribution is 2.34. The maximum Gasteiger partial charge on any atom is 0.308 e. The molecule has 0 amide bonds. The van der Waals surface area contributed by atoms with Crippen LogP contribution in [0.3, 0.4) is 0 Å². The van der Waals surface area contributed by atoms with Gasteiger partial charge in [0.15, 0.2) is 0 Å². The smallest absolute Gasteiger partial charge is 0.308 e. The van der Waals surface area contributed by atoms with Gasteiger partial charge in [-0.05, 0) is 64.1 Å². The van der Waals surface area contributed by atoms with Crippen molar-refractivity contribution in [1.82, 2.24) is 4.72 Å². The molecule has 0 spiro atoms. The summed E-state index contributed by atoms with van der Waals surface area (Å²) in [5.41, 5.74) is 3.63. The van der Waals surface area contributed by atoms with Crippen molar-refractivity contribution >= 4 is 16.0 Å². The Kier molecular flexibility index (Phi) is 6.11. The third kappa shape index (κ3) is 5.36. The molecule has 0 saturated carbocycles. The van der Waals surface area contributed by atoms with E-state index in [4.69, 9.17) is 4.74 Å². The van der Waals surface area contributed by atoms with E-state index in [0.717, 1.165) is 22.3 Å². The van der Waals surface area contributed by atoms with Crippen LogP contribution in [0.15, 0.2) is 41.3 Å². The van der Waals surface area contributed by atoms with E-state index in [1.807, 2.05) is 45.0 Å². The molecule has 0 aromatic heterocycles. The Morgan fingerprint density at radius 1 is 0.935 bits per heavy atom. The van der Waals surface area contributed by atoms with E-state index in [-0.39, 0.29) is 22.8 Å². The molecular weight excluding hydrogens is 410 g/mol. The highest BCUT2D eigenvalue weighted by Gasteiger charge is 2.31.